The summed E-state index contributed by atoms with van der Waals surface area (Å²) in [5, 5.41) is 10.3. The number of nitrogens with zero attached hydrogens (tertiary/aromatic N) is 1. The molecule has 0 bridgehead atoms. The molecule has 1 heterocycles. The van der Waals surface area contributed by atoms with Crippen LogP contribution in [0.1, 0.15) is 12.8 Å². The van der Waals surface area contributed by atoms with Gasteiger partial charge in [0.15, 0.2) is 0 Å². The summed E-state index contributed by atoms with van der Waals surface area (Å²) in [6, 6.07) is -1.45. The first kappa shape index (κ1) is 14.7. The van der Waals surface area contributed by atoms with Crippen molar-refractivity contribution in [3.8, 4) is 0 Å². The zero-order valence-corrected chi connectivity index (χ0v) is 10.3. The standard InChI is InChI=1S/C11H14N2O6/c1-19-10(17)7-3-2-6-13(7)11(18)12-8(14)4-5-9(15)16/h4-5,7H,2-3,6H2,1H3,(H,15,16)(H,12,14,18)/b5-4+. The number of likely N-dealkylation sites (tertiary alicyclic amines) is 1. The van der Waals surface area contributed by atoms with E-state index in [1.54, 1.807) is 0 Å². The first-order chi connectivity index (χ1) is 8.95. The molecular weight excluding hydrogens is 256 g/mol. The Morgan fingerprint density at radius 1 is 1.32 bits per heavy atom. The van der Waals surface area contributed by atoms with Crippen molar-refractivity contribution in [1.29, 1.82) is 0 Å². The molecule has 1 aliphatic rings. The summed E-state index contributed by atoms with van der Waals surface area (Å²) in [5.74, 6) is -2.69. The van der Waals surface area contributed by atoms with Gasteiger partial charge in [0.05, 0.1) is 7.11 Å². The summed E-state index contributed by atoms with van der Waals surface area (Å²) in [6.45, 7) is 0.335. The van der Waals surface area contributed by atoms with Crippen molar-refractivity contribution in [3.63, 3.8) is 0 Å². The third kappa shape index (κ3) is 4.09. The van der Waals surface area contributed by atoms with E-state index in [1.165, 1.54) is 12.0 Å². The van der Waals surface area contributed by atoms with Crippen LogP contribution >= 0.6 is 0 Å². The Kier molecular flexibility index (Phi) is 5.04. The van der Waals surface area contributed by atoms with Gasteiger partial charge in [0.25, 0.3) is 5.91 Å². The van der Waals surface area contributed by atoms with Crippen LogP contribution in [0, 0.1) is 0 Å². The average Bonchev–Trinajstić information content (AvgIpc) is 2.84. The zero-order chi connectivity index (χ0) is 14.4. The van der Waals surface area contributed by atoms with Crippen molar-refractivity contribution < 1.29 is 29.0 Å². The van der Waals surface area contributed by atoms with Gasteiger partial charge in [-0.15, -0.1) is 0 Å². The number of ether oxygens (including phenoxy) is 1. The number of esters is 1. The highest BCUT2D eigenvalue weighted by atomic mass is 16.5. The number of urea groups is 1. The lowest BCUT2D eigenvalue weighted by molar-refractivity contribution is -0.145. The van der Waals surface area contributed by atoms with E-state index >= 15 is 0 Å². The summed E-state index contributed by atoms with van der Waals surface area (Å²) >= 11 is 0. The Balaban J connectivity index is 2.60. The summed E-state index contributed by atoms with van der Waals surface area (Å²) in [5.41, 5.74) is 0. The first-order valence-electron chi connectivity index (χ1n) is 5.56. The highest BCUT2D eigenvalue weighted by Crippen LogP contribution is 2.18. The molecule has 0 spiro atoms. The van der Waals surface area contributed by atoms with Crippen LogP contribution in [0.15, 0.2) is 12.2 Å². The number of rotatable bonds is 3. The third-order valence-electron chi connectivity index (χ3n) is 2.59. The van der Waals surface area contributed by atoms with Crippen molar-refractivity contribution in [3.05, 3.63) is 12.2 Å². The molecule has 0 aromatic rings. The fourth-order valence-electron chi connectivity index (χ4n) is 1.76. The molecule has 0 radical (unpaired) electrons. The molecule has 0 aliphatic carbocycles. The quantitative estimate of drug-likeness (QED) is 0.528. The smallest absolute Gasteiger partial charge is 0.328 e. The summed E-state index contributed by atoms with van der Waals surface area (Å²) in [4.78, 5) is 45.8. The van der Waals surface area contributed by atoms with E-state index in [0.29, 0.717) is 25.5 Å². The van der Waals surface area contributed by atoms with Gasteiger partial charge in [-0.05, 0) is 12.8 Å². The molecule has 2 N–H and O–H groups in total. The minimum absolute atomic E-state index is 0.335. The Morgan fingerprint density at radius 2 is 2.00 bits per heavy atom. The number of carboxylic acid groups (broad SMARTS) is 1. The maximum Gasteiger partial charge on any atom is 0.328 e. The second-order valence-corrected chi connectivity index (χ2v) is 3.84. The van der Waals surface area contributed by atoms with E-state index in [0.717, 1.165) is 6.08 Å². The fraction of sp³-hybridized carbons (Fsp3) is 0.455. The van der Waals surface area contributed by atoms with Crippen molar-refractivity contribution in [1.82, 2.24) is 10.2 Å². The number of imide groups is 1. The average molecular weight is 270 g/mol. The number of carbonyl (C=O) groups excluding carboxylic acids is 3. The number of hydrogen-bond acceptors (Lipinski definition) is 5. The molecule has 19 heavy (non-hydrogen) atoms. The number of carbonyl (C=O) groups is 4. The molecule has 1 saturated heterocycles. The van der Waals surface area contributed by atoms with E-state index < -0.39 is 29.9 Å². The Hall–Kier alpha value is -2.38. The molecule has 1 atom stereocenters. The second-order valence-electron chi connectivity index (χ2n) is 3.84. The lowest BCUT2D eigenvalue weighted by Crippen LogP contribution is -2.47. The molecule has 0 aromatic heterocycles. The molecule has 0 aromatic carbocycles. The maximum absolute atomic E-state index is 11.7. The van der Waals surface area contributed by atoms with Crippen LogP contribution in [-0.2, 0) is 19.1 Å². The summed E-state index contributed by atoms with van der Waals surface area (Å²) in [6.07, 6.45) is 2.44. The molecule has 1 fully saturated rings. The van der Waals surface area contributed by atoms with E-state index in [9.17, 15) is 19.2 Å². The highest BCUT2D eigenvalue weighted by molar-refractivity contribution is 6.03. The predicted octanol–water partition coefficient (Wildman–Crippen LogP) is -0.499. The monoisotopic (exact) mass is 270 g/mol. The number of methoxy groups -OCH3 is 1. The number of nitrogens with one attached hydrogen (secondary N) is 1. The molecule has 104 valence electrons. The predicted molar refractivity (Wildman–Crippen MR) is 62.1 cm³/mol. The van der Waals surface area contributed by atoms with Gasteiger partial charge in [-0.3, -0.25) is 10.1 Å². The number of carboxylic acids is 1. The first-order valence-corrected chi connectivity index (χ1v) is 5.56. The Labute approximate surface area is 109 Å². The van der Waals surface area contributed by atoms with E-state index in [2.05, 4.69) is 4.74 Å². The van der Waals surface area contributed by atoms with Crippen molar-refractivity contribution in [2.24, 2.45) is 0 Å². The molecule has 8 heteroatoms. The zero-order valence-electron chi connectivity index (χ0n) is 10.3. The highest BCUT2D eigenvalue weighted by Gasteiger charge is 2.35. The van der Waals surface area contributed by atoms with Crippen LogP contribution < -0.4 is 5.32 Å². The van der Waals surface area contributed by atoms with Gasteiger partial charge in [0.2, 0.25) is 0 Å². The lowest BCUT2D eigenvalue weighted by Gasteiger charge is -2.22. The van der Waals surface area contributed by atoms with Gasteiger partial charge >= 0.3 is 18.0 Å². The number of aliphatic carboxylic acids is 1. The third-order valence-corrected chi connectivity index (χ3v) is 2.59. The minimum atomic E-state index is -1.30. The summed E-state index contributed by atoms with van der Waals surface area (Å²) in [7, 11) is 1.22. The minimum Gasteiger partial charge on any atom is -0.478 e. The van der Waals surface area contributed by atoms with E-state index in [4.69, 9.17) is 5.11 Å². The molecule has 8 nitrogen and oxygen atoms in total. The van der Waals surface area contributed by atoms with Gasteiger partial charge in [-0.1, -0.05) is 0 Å². The van der Waals surface area contributed by atoms with Crippen molar-refractivity contribution in [2.45, 2.75) is 18.9 Å². The molecule has 3 amide bonds. The van der Waals surface area contributed by atoms with Crippen LogP contribution in [0.5, 0.6) is 0 Å². The van der Waals surface area contributed by atoms with Crippen molar-refractivity contribution >= 4 is 23.9 Å². The largest absolute Gasteiger partial charge is 0.478 e. The number of hydrogen-bond donors (Lipinski definition) is 2. The van der Waals surface area contributed by atoms with Crippen molar-refractivity contribution in [2.75, 3.05) is 13.7 Å². The van der Waals surface area contributed by atoms with Gasteiger partial charge in [0, 0.05) is 18.7 Å². The topological polar surface area (TPSA) is 113 Å². The van der Waals surface area contributed by atoms with Gasteiger partial charge < -0.3 is 14.7 Å². The molecule has 1 rings (SSSR count). The Bertz CT molecular complexity index is 431. The SMILES string of the molecule is COC(=O)C1CCCN1C(=O)NC(=O)/C=C/C(=O)O. The summed E-state index contributed by atoms with van der Waals surface area (Å²) < 4.78 is 4.56. The van der Waals surface area contributed by atoms with Crippen LogP contribution in [0.2, 0.25) is 0 Å². The number of amides is 3. The van der Waals surface area contributed by atoms with Crippen LogP contribution in [0.3, 0.4) is 0 Å². The van der Waals surface area contributed by atoms with Gasteiger partial charge in [-0.25, -0.2) is 14.4 Å². The van der Waals surface area contributed by atoms with Gasteiger partial charge in [-0.2, -0.15) is 0 Å². The van der Waals surface area contributed by atoms with Crippen LogP contribution in [-0.4, -0.2) is 53.6 Å². The Morgan fingerprint density at radius 3 is 2.58 bits per heavy atom. The van der Waals surface area contributed by atoms with Gasteiger partial charge in [0.1, 0.15) is 6.04 Å². The molecule has 1 aliphatic heterocycles. The normalized spacial score (nSPS) is 18.4. The fourth-order valence-corrected chi connectivity index (χ4v) is 1.76. The maximum atomic E-state index is 11.7. The van der Waals surface area contributed by atoms with E-state index in [1.807, 2.05) is 5.32 Å². The van der Waals surface area contributed by atoms with E-state index in [-0.39, 0.29) is 0 Å². The molecule has 0 saturated carbocycles. The second kappa shape index (κ2) is 6.53. The van der Waals surface area contributed by atoms with Crippen LogP contribution in [0.25, 0.3) is 0 Å². The molecular formula is C11H14N2O6. The lowest BCUT2D eigenvalue weighted by atomic mass is 10.2. The molecule has 1 unspecified atom stereocenters. The van der Waals surface area contributed by atoms with Crippen LogP contribution in [0.4, 0.5) is 4.79 Å².